The average Bonchev–Trinajstić information content (AvgIpc) is 3.10. The van der Waals surface area contributed by atoms with Crippen LogP contribution in [0.5, 0.6) is 0 Å². The number of nitrogen functional groups attached to an aromatic ring is 1. The van der Waals surface area contributed by atoms with E-state index in [4.69, 9.17) is 15.0 Å². The van der Waals surface area contributed by atoms with Gasteiger partial charge < -0.3 is 15.0 Å². The number of methoxy groups -OCH3 is 1. The van der Waals surface area contributed by atoms with Gasteiger partial charge in [-0.15, -0.1) is 0 Å². The van der Waals surface area contributed by atoms with E-state index in [1.165, 1.54) is 25.9 Å². The first-order valence-electron chi connectivity index (χ1n) is 8.34. The van der Waals surface area contributed by atoms with Gasteiger partial charge in [0.15, 0.2) is 0 Å². The Kier molecular flexibility index (Phi) is 10.1. The lowest BCUT2D eigenvalue weighted by molar-refractivity contribution is 0.119. The number of likely N-dealkylation sites (tertiary alicyclic amines) is 1. The lowest BCUT2D eigenvalue weighted by Gasteiger charge is -2.21. The molecule has 0 saturated carbocycles. The fraction of sp³-hybridized carbons (Fsp3) is 0.824. The Balaban J connectivity index is 0. The van der Waals surface area contributed by atoms with Gasteiger partial charge in [0.05, 0.1) is 12.3 Å². The third-order valence-corrected chi connectivity index (χ3v) is 3.56. The Morgan fingerprint density at radius 3 is 2.45 bits per heavy atom. The molecular weight excluding hydrogens is 278 g/mol. The molecule has 1 aromatic rings. The van der Waals surface area contributed by atoms with Crippen molar-refractivity contribution in [1.82, 2.24) is 10.1 Å². The smallest absolute Gasteiger partial charge is 0.222 e. The zero-order valence-corrected chi connectivity index (χ0v) is 15.5. The summed E-state index contributed by atoms with van der Waals surface area (Å²) in [6.07, 6.45) is 2.67. The fourth-order valence-electron chi connectivity index (χ4n) is 2.34. The minimum absolute atomic E-state index is 0. The van der Waals surface area contributed by atoms with E-state index in [9.17, 15) is 0 Å². The monoisotopic (exact) mass is 315 g/mol. The summed E-state index contributed by atoms with van der Waals surface area (Å²) in [4.78, 5) is 2.49. The van der Waals surface area contributed by atoms with Crippen LogP contribution in [0.25, 0.3) is 0 Å². The number of aromatic nitrogens is 1. The number of hydrogen-bond donors (Lipinski definition) is 1. The molecule has 1 atom stereocenters. The van der Waals surface area contributed by atoms with E-state index >= 15 is 0 Å². The molecule has 5 nitrogen and oxygen atoms in total. The van der Waals surface area contributed by atoms with Crippen molar-refractivity contribution >= 4 is 5.88 Å². The molecule has 0 radical (unpaired) electrons. The number of hydrogen-bond acceptors (Lipinski definition) is 5. The van der Waals surface area contributed by atoms with Crippen molar-refractivity contribution in [3.8, 4) is 0 Å². The van der Waals surface area contributed by atoms with Gasteiger partial charge in [0.25, 0.3) is 0 Å². The number of anilines is 1. The summed E-state index contributed by atoms with van der Waals surface area (Å²) in [5.41, 5.74) is 6.27. The molecule has 1 aliphatic heterocycles. The van der Waals surface area contributed by atoms with Crippen LogP contribution in [0.1, 0.15) is 61.5 Å². The molecular formula is C17H37N3O2. The second kappa shape index (κ2) is 10.6. The maximum Gasteiger partial charge on any atom is 0.222 e. The average molecular weight is 316 g/mol. The molecule has 1 fully saturated rings. The highest BCUT2D eigenvalue weighted by molar-refractivity contribution is 5.27. The first-order valence-corrected chi connectivity index (χ1v) is 8.34. The molecule has 0 amide bonds. The second-order valence-corrected chi connectivity index (χ2v) is 6.24. The van der Waals surface area contributed by atoms with Crippen molar-refractivity contribution < 1.29 is 10.7 Å². The number of rotatable bonds is 3. The highest BCUT2D eigenvalue weighted by Gasteiger charge is 2.22. The van der Waals surface area contributed by atoms with Crippen molar-refractivity contribution in [2.75, 3.05) is 32.5 Å². The van der Waals surface area contributed by atoms with Crippen LogP contribution >= 0.6 is 0 Å². The van der Waals surface area contributed by atoms with Crippen molar-refractivity contribution in [3.63, 3.8) is 0 Å². The van der Waals surface area contributed by atoms with Gasteiger partial charge in [-0.25, -0.2) is 0 Å². The van der Waals surface area contributed by atoms with Crippen LogP contribution in [0.2, 0.25) is 0 Å². The summed E-state index contributed by atoms with van der Waals surface area (Å²) >= 11 is 0. The van der Waals surface area contributed by atoms with Gasteiger partial charge in [0.1, 0.15) is 0 Å². The molecule has 1 saturated heterocycles. The molecule has 1 aliphatic rings. The van der Waals surface area contributed by atoms with Gasteiger partial charge in [-0.1, -0.05) is 46.7 Å². The first kappa shape index (κ1) is 20.9. The highest BCUT2D eigenvalue weighted by atomic mass is 16.5. The van der Waals surface area contributed by atoms with Crippen molar-refractivity contribution in [2.45, 2.75) is 65.8 Å². The third-order valence-electron chi connectivity index (χ3n) is 3.56. The van der Waals surface area contributed by atoms with Crippen LogP contribution in [0.3, 0.4) is 0 Å². The Morgan fingerprint density at radius 2 is 2.09 bits per heavy atom. The highest BCUT2D eigenvalue weighted by Crippen LogP contribution is 2.21. The van der Waals surface area contributed by atoms with Crippen molar-refractivity contribution in [3.05, 3.63) is 11.8 Å². The quantitative estimate of drug-likeness (QED) is 0.915. The minimum Gasteiger partial charge on any atom is -0.383 e. The van der Waals surface area contributed by atoms with Crippen LogP contribution < -0.4 is 5.73 Å². The molecule has 2 rings (SSSR count). The number of nitrogens with two attached hydrogens (primary N) is 1. The molecule has 5 heteroatoms. The Morgan fingerprint density at radius 1 is 1.45 bits per heavy atom. The molecule has 2 N–H and O–H groups in total. The molecule has 22 heavy (non-hydrogen) atoms. The van der Waals surface area contributed by atoms with Gasteiger partial charge in [-0.3, -0.25) is 4.90 Å². The lowest BCUT2D eigenvalue weighted by Crippen LogP contribution is -2.32. The van der Waals surface area contributed by atoms with E-state index in [0.29, 0.717) is 11.9 Å². The fourth-order valence-corrected chi connectivity index (χ4v) is 2.34. The molecule has 0 aliphatic carbocycles. The van der Waals surface area contributed by atoms with Gasteiger partial charge in [-0.2, -0.15) is 0 Å². The maximum atomic E-state index is 5.35. The van der Waals surface area contributed by atoms with Gasteiger partial charge in [0.2, 0.25) is 5.88 Å². The third kappa shape index (κ3) is 7.27. The summed E-state index contributed by atoms with van der Waals surface area (Å²) < 4.78 is 9.83. The largest absolute Gasteiger partial charge is 0.383 e. The predicted octanol–water partition coefficient (Wildman–Crippen LogP) is 3.94. The molecule has 0 spiro atoms. The van der Waals surface area contributed by atoms with E-state index in [1.54, 1.807) is 13.2 Å². The van der Waals surface area contributed by atoms with Crippen LogP contribution in [0, 0.1) is 0 Å². The summed E-state index contributed by atoms with van der Waals surface area (Å²) in [7, 11) is 1.78. The number of nitrogens with zero attached hydrogens (tertiary/aromatic N) is 2. The molecule has 2 heterocycles. The maximum absolute atomic E-state index is 5.35. The number of likely N-dealkylation sites (N-methyl/N-ethyl adjacent to an activating group) is 1. The SMILES string of the molecule is CC.CC(C)(C)c1cc(N)on1.CCN1CCC[C@H]1COC.[HH]. The zero-order chi connectivity index (χ0) is 17.2. The molecule has 0 unspecified atom stereocenters. The Bertz CT molecular complexity index is 391. The van der Waals surface area contributed by atoms with Gasteiger partial charge in [0, 0.05) is 26.1 Å². The molecule has 132 valence electrons. The Hall–Kier alpha value is -1.07. The van der Waals surface area contributed by atoms with Gasteiger partial charge in [-0.05, 0) is 25.9 Å². The zero-order valence-electron chi connectivity index (χ0n) is 15.5. The van der Waals surface area contributed by atoms with E-state index in [1.807, 2.05) is 13.8 Å². The minimum atomic E-state index is 0. The lowest BCUT2D eigenvalue weighted by atomic mass is 9.92. The first-order chi connectivity index (χ1) is 10.4. The van der Waals surface area contributed by atoms with E-state index < -0.39 is 0 Å². The van der Waals surface area contributed by atoms with Crippen LogP contribution in [0.4, 0.5) is 5.88 Å². The second-order valence-electron chi connectivity index (χ2n) is 6.24. The van der Waals surface area contributed by atoms with E-state index in [2.05, 4.69) is 37.8 Å². The summed E-state index contributed by atoms with van der Waals surface area (Å²) in [6, 6.07) is 2.45. The van der Waals surface area contributed by atoms with E-state index in [-0.39, 0.29) is 6.84 Å². The summed E-state index contributed by atoms with van der Waals surface area (Å²) in [5, 5.41) is 3.79. The predicted molar refractivity (Wildman–Crippen MR) is 95.2 cm³/mol. The van der Waals surface area contributed by atoms with Crippen molar-refractivity contribution in [1.29, 1.82) is 0 Å². The summed E-state index contributed by atoms with van der Waals surface area (Å²) in [5.74, 6) is 0.380. The standard InChI is InChI=1S/C8H17NO.C7H12N2O.C2H6.H2/c1-3-9-6-4-5-8(9)7-10-2;1-7(2,3)5-4-6(8)10-9-5;1-2;/h8H,3-7H2,1-2H3;4H,8H2,1-3H3;1-2H3;1H/t8-;;;/m0.../s1. The molecule has 0 aromatic carbocycles. The molecule has 1 aromatic heterocycles. The Labute approximate surface area is 137 Å². The topological polar surface area (TPSA) is 64.5 Å². The number of ether oxygens (including phenoxy) is 1. The normalized spacial score (nSPS) is 18.2. The summed E-state index contributed by atoms with van der Waals surface area (Å²) in [6.45, 7) is 15.7. The van der Waals surface area contributed by atoms with Gasteiger partial charge >= 0.3 is 0 Å². The van der Waals surface area contributed by atoms with Crippen LogP contribution in [0.15, 0.2) is 10.6 Å². The van der Waals surface area contributed by atoms with Crippen molar-refractivity contribution in [2.24, 2.45) is 0 Å². The molecule has 0 bridgehead atoms. The van der Waals surface area contributed by atoms with E-state index in [0.717, 1.165) is 12.3 Å². The van der Waals surface area contributed by atoms with Crippen LogP contribution in [-0.4, -0.2) is 42.9 Å². The van der Waals surface area contributed by atoms with Crippen LogP contribution in [-0.2, 0) is 10.2 Å².